The number of likely N-dealkylation sites (tertiary alicyclic amines) is 1. The first-order valence-electron chi connectivity index (χ1n) is 12.2. The second-order valence-corrected chi connectivity index (χ2v) is 9.14. The van der Waals surface area contributed by atoms with Gasteiger partial charge in [0.2, 0.25) is 5.91 Å². The lowest BCUT2D eigenvalue weighted by Crippen LogP contribution is -2.51. The van der Waals surface area contributed by atoms with Gasteiger partial charge >= 0.3 is 0 Å². The molecule has 0 spiro atoms. The van der Waals surface area contributed by atoms with E-state index in [1.807, 2.05) is 13.0 Å². The van der Waals surface area contributed by atoms with E-state index in [9.17, 15) is 14.4 Å². The van der Waals surface area contributed by atoms with E-state index >= 15 is 0 Å². The van der Waals surface area contributed by atoms with Crippen LogP contribution < -0.4 is 15.0 Å². The summed E-state index contributed by atoms with van der Waals surface area (Å²) in [7, 11) is 0. The number of ether oxygens (including phenoxy) is 1. The van der Waals surface area contributed by atoms with Gasteiger partial charge in [-0.3, -0.25) is 24.2 Å². The highest BCUT2D eigenvalue weighted by molar-refractivity contribution is 6.05. The summed E-state index contributed by atoms with van der Waals surface area (Å²) in [5.74, 6) is 0.0609. The number of piperidine rings is 1. The quantitative estimate of drug-likeness (QED) is 0.606. The Balaban J connectivity index is 1.37. The van der Waals surface area contributed by atoms with Crippen LogP contribution in [0.2, 0.25) is 0 Å². The molecule has 1 unspecified atom stereocenters. The standard InChI is InChI=1S/C27H33N3O4/c1-3-7-24(31)21-10-11-25-23(16-21)30(27(33)19(2)34-25)18-26(32)28-22-12-14-29(15-13-22)17-20-8-5-4-6-9-20/h4-6,8-11,16,19,22H,3,7,12-15,17-18H2,1-2H3,(H,28,32). The average molecular weight is 464 g/mol. The molecule has 0 aromatic heterocycles. The number of anilines is 1. The average Bonchev–Trinajstić information content (AvgIpc) is 2.84. The number of ketones is 1. The maximum Gasteiger partial charge on any atom is 0.268 e. The monoisotopic (exact) mass is 463 g/mol. The topological polar surface area (TPSA) is 79.0 Å². The lowest BCUT2D eigenvalue weighted by atomic mass is 10.0. The van der Waals surface area contributed by atoms with Crippen molar-refractivity contribution in [3.63, 3.8) is 0 Å². The number of nitrogens with one attached hydrogen (secondary N) is 1. The normalized spacial score (nSPS) is 18.8. The zero-order chi connectivity index (χ0) is 24.1. The maximum atomic E-state index is 12.9. The van der Waals surface area contributed by atoms with Crippen LogP contribution in [0.15, 0.2) is 48.5 Å². The number of hydrogen-bond donors (Lipinski definition) is 1. The van der Waals surface area contributed by atoms with Gasteiger partial charge in [0, 0.05) is 37.7 Å². The Morgan fingerprint density at radius 3 is 2.53 bits per heavy atom. The van der Waals surface area contributed by atoms with Crippen molar-refractivity contribution in [2.24, 2.45) is 0 Å². The Kier molecular flexibility index (Phi) is 7.63. The Bertz CT molecular complexity index is 1030. The van der Waals surface area contributed by atoms with Crippen molar-refractivity contribution in [1.29, 1.82) is 0 Å². The smallest absolute Gasteiger partial charge is 0.268 e. The molecule has 34 heavy (non-hydrogen) atoms. The molecule has 2 heterocycles. The number of benzene rings is 2. The van der Waals surface area contributed by atoms with Gasteiger partial charge in [0.25, 0.3) is 5.91 Å². The van der Waals surface area contributed by atoms with E-state index in [1.165, 1.54) is 10.5 Å². The van der Waals surface area contributed by atoms with Gasteiger partial charge in [-0.05, 0) is 49.9 Å². The van der Waals surface area contributed by atoms with Crippen molar-refractivity contribution in [1.82, 2.24) is 10.2 Å². The van der Waals surface area contributed by atoms with Gasteiger partial charge in [-0.2, -0.15) is 0 Å². The van der Waals surface area contributed by atoms with Gasteiger partial charge in [0.1, 0.15) is 12.3 Å². The lowest BCUT2D eigenvalue weighted by Gasteiger charge is -2.35. The zero-order valence-electron chi connectivity index (χ0n) is 20.0. The molecule has 1 N–H and O–H groups in total. The van der Waals surface area contributed by atoms with E-state index < -0.39 is 6.10 Å². The van der Waals surface area contributed by atoms with E-state index in [4.69, 9.17) is 4.74 Å². The second-order valence-electron chi connectivity index (χ2n) is 9.14. The molecule has 0 radical (unpaired) electrons. The molecular weight excluding hydrogens is 430 g/mol. The summed E-state index contributed by atoms with van der Waals surface area (Å²) < 4.78 is 5.72. The molecule has 0 bridgehead atoms. The zero-order valence-corrected chi connectivity index (χ0v) is 20.0. The van der Waals surface area contributed by atoms with Crippen LogP contribution >= 0.6 is 0 Å². The SMILES string of the molecule is CCCC(=O)c1ccc2c(c1)N(CC(=O)NC1CCN(Cc3ccccc3)CC1)C(=O)C(C)O2. The number of carbonyl (C=O) groups is 3. The molecule has 7 heteroatoms. The van der Waals surface area contributed by atoms with Crippen molar-refractivity contribution in [2.75, 3.05) is 24.5 Å². The van der Waals surface area contributed by atoms with Gasteiger partial charge in [0.05, 0.1) is 5.69 Å². The van der Waals surface area contributed by atoms with E-state index in [-0.39, 0.29) is 30.2 Å². The fourth-order valence-electron chi connectivity index (χ4n) is 4.61. The second kappa shape index (κ2) is 10.8. The van der Waals surface area contributed by atoms with E-state index in [1.54, 1.807) is 25.1 Å². The first-order chi connectivity index (χ1) is 16.4. The summed E-state index contributed by atoms with van der Waals surface area (Å²) in [5.41, 5.74) is 2.31. The maximum absolute atomic E-state index is 12.9. The molecular formula is C27H33N3O4. The number of fused-ring (bicyclic) bond motifs is 1. The Labute approximate surface area is 201 Å². The third kappa shape index (κ3) is 5.65. The molecule has 2 aromatic carbocycles. The number of Topliss-reactive ketones (excluding diaryl/α,β-unsaturated/α-hetero) is 1. The number of carbonyl (C=O) groups excluding carboxylic acids is 3. The summed E-state index contributed by atoms with van der Waals surface area (Å²) >= 11 is 0. The van der Waals surface area contributed by atoms with Crippen LogP contribution in [0.4, 0.5) is 5.69 Å². The Morgan fingerprint density at radius 1 is 1.09 bits per heavy atom. The van der Waals surface area contributed by atoms with Crippen molar-refractivity contribution >= 4 is 23.3 Å². The van der Waals surface area contributed by atoms with Crippen LogP contribution in [0.1, 0.15) is 55.5 Å². The minimum Gasteiger partial charge on any atom is -0.479 e. The highest BCUT2D eigenvalue weighted by Gasteiger charge is 2.34. The third-order valence-electron chi connectivity index (χ3n) is 6.47. The van der Waals surface area contributed by atoms with Crippen molar-refractivity contribution in [3.8, 4) is 5.75 Å². The molecule has 0 saturated carbocycles. The van der Waals surface area contributed by atoms with Crippen molar-refractivity contribution < 1.29 is 19.1 Å². The number of rotatable bonds is 8. The molecule has 1 fully saturated rings. The van der Waals surface area contributed by atoms with Crippen molar-refractivity contribution in [2.45, 2.75) is 58.2 Å². The van der Waals surface area contributed by atoms with Crippen LogP contribution in [0.5, 0.6) is 5.75 Å². The predicted octanol–water partition coefficient (Wildman–Crippen LogP) is 3.56. The van der Waals surface area contributed by atoms with Gasteiger partial charge < -0.3 is 10.1 Å². The predicted molar refractivity (Wildman–Crippen MR) is 131 cm³/mol. The number of hydrogen-bond acceptors (Lipinski definition) is 5. The number of amides is 2. The molecule has 2 aliphatic heterocycles. The van der Waals surface area contributed by atoms with Gasteiger partial charge in [0.15, 0.2) is 11.9 Å². The fourth-order valence-corrected chi connectivity index (χ4v) is 4.61. The largest absolute Gasteiger partial charge is 0.479 e. The van der Waals surface area contributed by atoms with Gasteiger partial charge in [-0.1, -0.05) is 37.3 Å². The Morgan fingerprint density at radius 2 is 1.82 bits per heavy atom. The Hall–Kier alpha value is -3.19. The fraction of sp³-hybridized carbons (Fsp3) is 0.444. The molecule has 1 saturated heterocycles. The minimum absolute atomic E-state index is 0.0167. The summed E-state index contributed by atoms with van der Waals surface area (Å²) in [5, 5.41) is 3.11. The van der Waals surface area contributed by atoms with E-state index in [2.05, 4.69) is 34.5 Å². The molecule has 2 amide bonds. The first-order valence-corrected chi connectivity index (χ1v) is 12.2. The van der Waals surface area contributed by atoms with E-state index in [0.717, 1.165) is 38.9 Å². The van der Waals surface area contributed by atoms with Crippen LogP contribution in [0, 0.1) is 0 Å². The summed E-state index contributed by atoms with van der Waals surface area (Å²) in [6.07, 6.45) is 2.25. The first kappa shape index (κ1) is 24.0. The van der Waals surface area contributed by atoms with Crippen molar-refractivity contribution in [3.05, 3.63) is 59.7 Å². The van der Waals surface area contributed by atoms with E-state index in [0.29, 0.717) is 23.4 Å². The minimum atomic E-state index is -0.682. The van der Waals surface area contributed by atoms with Crippen LogP contribution in [0.25, 0.3) is 0 Å². The van der Waals surface area contributed by atoms with Crippen LogP contribution in [-0.2, 0) is 16.1 Å². The molecule has 4 rings (SSSR count). The summed E-state index contributed by atoms with van der Waals surface area (Å²) in [6.45, 7) is 6.28. The summed E-state index contributed by atoms with van der Waals surface area (Å²) in [6, 6.07) is 15.6. The molecule has 2 aliphatic rings. The molecule has 2 aromatic rings. The number of nitrogens with zero attached hydrogens (tertiary/aromatic N) is 2. The van der Waals surface area contributed by atoms with Crippen LogP contribution in [0.3, 0.4) is 0 Å². The third-order valence-corrected chi connectivity index (χ3v) is 6.47. The highest BCUT2D eigenvalue weighted by Crippen LogP contribution is 2.35. The van der Waals surface area contributed by atoms with Gasteiger partial charge in [-0.25, -0.2) is 0 Å². The molecule has 0 aliphatic carbocycles. The van der Waals surface area contributed by atoms with Crippen LogP contribution in [-0.4, -0.2) is 54.3 Å². The lowest BCUT2D eigenvalue weighted by molar-refractivity contribution is -0.128. The molecule has 180 valence electrons. The molecule has 1 atom stereocenters. The highest BCUT2D eigenvalue weighted by atomic mass is 16.5. The molecule has 7 nitrogen and oxygen atoms in total. The summed E-state index contributed by atoms with van der Waals surface area (Å²) in [4.78, 5) is 42.0. The van der Waals surface area contributed by atoms with Gasteiger partial charge in [-0.15, -0.1) is 0 Å².